The quantitative estimate of drug-likeness (QED) is 0.0222. The van der Waals surface area contributed by atoms with E-state index in [4.69, 9.17) is 37.0 Å². The number of phosphoric acid groups is 2. The molecule has 498 valence electrons. The second-order valence-corrected chi connectivity index (χ2v) is 27.4. The molecule has 0 aliphatic heterocycles. The Balaban J connectivity index is 5.09. The fourth-order valence-electron chi connectivity index (χ4n) is 9.71. The Bertz CT molecular complexity index is 1650. The fraction of sp³-hybridized carbons (Fsp3) is 0.938. The largest absolute Gasteiger partial charge is 0.472 e. The van der Waals surface area contributed by atoms with Crippen molar-refractivity contribution in [3.05, 3.63) is 0 Å². The summed E-state index contributed by atoms with van der Waals surface area (Å²) in [5, 5.41) is 10.5. The summed E-state index contributed by atoms with van der Waals surface area (Å²) in [7, 11) is -9.88. The van der Waals surface area contributed by atoms with Crippen molar-refractivity contribution in [2.24, 2.45) is 11.8 Å². The number of phosphoric ester groups is 2. The Labute approximate surface area is 511 Å². The number of rotatable bonds is 64. The lowest BCUT2D eigenvalue weighted by Crippen LogP contribution is -2.30. The van der Waals surface area contributed by atoms with Crippen molar-refractivity contribution >= 4 is 39.5 Å². The van der Waals surface area contributed by atoms with Crippen LogP contribution in [-0.4, -0.2) is 96.7 Å². The lowest BCUT2D eigenvalue weighted by Gasteiger charge is -2.21. The Morgan fingerprint density at radius 3 is 0.810 bits per heavy atom. The van der Waals surface area contributed by atoms with Gasteiger partial charge < -0.3 is 33.8 Å². The molecule has 0 aromatic carbocycles. The molecule has 5 atom stereocenters. The van der Waals surface area contributed by atoms with Gasteiger partial charge in [-0.3, -0.25) is 37.3 Å². The van der Waals surface area contributed by atoms with E-state index < -0.39 is 97.5 Å². The molecule has 84 heavy (non-hydrogen) atoms. The monoisotopic (exact) mass is 1240 g/mol. The van der Waals surface area contributed by atoms with Crippen molar-refractivity contribution in [1.29, 1.82) is 0 Å². The number of aliphatic hydroxyl groups excluding tert-OH is 1. The molecule has 3 N–H and O–H groups in total. The van der Waals surface area contributed by atoms with Crippen molar-refractivity contribution in [1.82, 2.24) is 0 Å². The van der Waals surface area contributed by atoms with Gasteiger partial charge in [-0.1, -0.05) is 273 Å². The van der Waals surface area contributed by atoms with Gasteiger partial charge in [0.05, 0.1) is 26.4 Å². The summed E-state index contributed by atoms with van der Waals surface area (Å²) in [6.07, 6.45) is 41.2. The number of unbranched alkanes of at least 4 members (excludes halogenated alkanes) is 34. The van der Waals surface area contributed by atoms with Gasteiger partial charge in [-0.05, 0) is 37.5 Å². The Hall–Kier alpha value is -1.94. The van der Waals surface area contributed by atoms with E-state index >= 15 is 0 Å². The van der Waals surface area contributed by atoms with Crippen LogP contribution in [0.3, 0.4) is 0 Å². The molecule has 0 aliphatic rings. The van der Waals surface area contributed by atoms with Crippen molar-refractivity contribution < 1.29 is 80.2 Å². The Morgan fingerprint density at radius 1 is 0.321 bits per heavy atom. The summed E-state index contributed by atoms with van der Waals surface area (Å²) in [4.78, 5) is 71.9. The van der Waals surface area contributed by atoms with E-state index in [2.05, 4.69) is 41.5 Å². The normalized spacial score (nSPS) is 14.3. The first-order valence-corrected chi connectivity index (χ1v) is 37.0. The first-order valence-electron chi connectivity index (χ1n) is 34.0. The lowest BCUT2D eigenvalue weighted by molar-refractivity contribution is -0.161. The number of carbonyl (C=O) groups is 4. The van der Waals surface area contributed by atoms with Crippen LogP contribution in [0.15, 0.2) is 0 Å². The van der Waals surface area contributed by atoms with Crippen molar-refractivity contribution in [2.75, 3.05) is 39.6 Å². The van der Waals surface area contributed by atoms with Gasteiger partial charge in [0.25, 0.3) is 0 Å². The van der Waals surface area contributed by atoms with E-state index in [1.54, 1.807) is 0 Å². The third-order valence-electron chi connectivity index (χ3n) is 15.0. The van der Waals surface area contributed by atoms with E-state index in [1.165, 1.54) is 128 Å². The van der Waals surface area contributed by atoms with E-state index in [0.29, 0.717) is 37.5 Å². The average molecular weight is 1240 g/mol. The molecule has 0 saturated carbocycles. The van der Waals surface area contributed by atoms with Crippen LogP contribution in [-0.2, 0) is 65.4 Å². The van der Waals surface area contributed by atoms with Crippen LogP contribution in [0.5, 0.6) is 0 Å². The second-order valence-electron chi connectivity index (χ2n) is 24.5. The number of hydrogen-bond acceptors (Lipinski definition) is 15. The molecular weight excluding hydrogens is 1110 g/mol. The fourth-order valence-corrected chi connectivity index (χ4v) is 11.3. The number of ether oxygens (including phenoxy) is 4. The Kier molecular flexibility index (Phi) is 56.2. The number of aliphatic hydroxyl groups is 1. The molecule has 2 unspecified atom stereocenters. The predicted molar refractivity (Wildman–Crippen MR) is 335 cm³/mol. The van der Waals surface area contributed by atoms with Gasteiger partial charge in [-0.2, -0.15) is 0 Å². The van der Waals surface area contributed by atoms with Crippen LogP contribution in [0.2, 0.25) is 0 Å². The van der Waals surface area contributed by atoms with Gasteiger partial charge in [0.15, 0.2) is 12.2 Å². The number of carbonyl (C=O) groups excluding carboxylic acids is 4. The molecule has 0 fully saturated rings. The molecule has 0 rings (SSSR count). The minimum Gasteiger partial charge on any atom is -0.462 e. The van der Waals surface area contributed by atoms with Crippen LogP contribution >= 0.6 is 15.6 Å². The van der Waals surface area contributed by atoms with Gasteiger partial charge >= 0.3 is 39.5 Å². The maximum Gasteiger partial charge on any atom is 0.472 e. The lowest BCUT2D eigenvalue weighted by atomic mass is 10.0. The standard InChI is InChI=1S/C65H126O17P2/c1-7-9-11-13-14-15-16-17-18-19-20-21-22-23-24-25-26-29-37-43-49-64(69)81-61(54-76-63(68)48-42-36-30-27-28-34-39-45-57(3)4)56-80-84(73,74)78-52-59(66)51-77-83(71,72)79-55-60(53-75-62(67)47-41-33-12-10-8-2)82-65(70)50-44-38-32-31-35-40-46-58(5)6/h57-61,66H,7-56H2,1-6H3,(H,71,72)(H,73,74)/t59-,60+,61+/m0/s1. The zero-order valence-electron chi connectivity index (χ0n) is 54.2. The SMILES string of the molecule is CCCCCCCCCCCCCCCCCCCCCCC(=O)O[C@H](COC(=O)CCCCCCCCCC(C)C)COP(=O)(O)OC[C@@H](O)COP(=O)(O)OC[C@@H](COC(=O)CCCCCCC)OC(=O)CCCCCCCCC(C)C. The van der Waals surface area contributed by atoms with E-state index in [-0.39, 0.29) is 25.7 Å². The molecule has 0 spiro atoms. The van der Waals surface area contributed by atoms with E-state index in [1.807, 2.05) is 0 Å². The predicted octanol–water partition coefficient (Wildman–Crippen LogP) is 18.0. The smallest absolute Gasteiger partial charge is 0.462 e. The maximum atomic E-state index is 13.0. The molecule has 0 saturated heterocycles. The minimum atomic E-state index is -4.94. The van der Waals surface area contributed by atoms with Gasteiger partial charge in [0.2, 0.25) is 0 Å². The summed E-state index contributed by atoms with van der Waals surface area (Å²) < 4.78 is 67.8. The summed E-state index contributed by atoms with van der Waals surface area (Å²) >= 11 is 0. The number of esters is 4. The van der Waals surface area contributed by atoms with Crippen molar-refractivity contribution in [3.8, 4) is 0 Å². The molecule has 0 radical (unpaired) electrons. The molecular formula is C65H126O17P2. The zero-order chi connectivity index (χ0) is 62.2. The highest BCUT2D eigenvalue weighted by atomic mass is 31.2. The van der Waals surface area contributed by atoms with Crippen LogP contribution in [0, 0.1) is 11.8 Å². The number of hydrogen-bond donors (Lipinski definition) is 3. The summed E-state index contributed by atoms with van der Waals surface area (Å²) in [6.45, 7) is 9.26. The van der Waals surface area contributed by atoms with Crippen LogP contribution in [0.4, 0.5) is 0 Å². The van der Waals surface area contributed by atoms with Gasteiger partial charge in [0.1, 0.15) is 19.3 Å². The summed E-state index contributed by atoms with van der Waals surface area (Å²) in [5.74, 6) is -0.775. The van der Waals surface area contributed by atoms with E-state index in [9.17, 15) is 43.2 Å². The molecule has 0 aromatic rings. The van der Waals surface area contributed by atoms with Crippen LogP contribution in [0.25, 0.3) is 0 Å². The summed E-state index contributed by atoms with van der Waals surface area (Å²) in [6, 6.07) is 0. The topological polar surface area (TPSA) is 237 Å². The third-order valence-corrected chi connectivity index (χ3v) is 16.9. The highest BCUT2D eigenvalue weighted by Gasteiger charge is 2.30. The Morgan fingerprint density at radius 2 is 0.548 bits per heavy atom. The summed E-state index contributed by atoms with van der Waals surface area (Å²) in [5.41, 5.74) is 0. The second kappa shape index (κ2) is 57.5. The molecule has 0 bridgehead atoms. The van der Waals surface area contributed by atoms with Gasteiger partial charge in [0, 0.05) is 25.7 Å². The minimum absolute atomic E-state index is 0.101. The highest BCUT2D eigenvalue weighted by molar-refractivity contribution is 7.47. The molecule has 0 amide bonds. The first-order chi connectivity index (χ1) is 40.4. The first kappa shape index (κ1) is 82.1. The maximum absolute atomic E-state index is 13.0. The van der Waals surface area contributed by atoms with Gasteiger partial charge in [-0.25, -0.2) is 9.13 Å². The molecule has 19 heteroatoms. The molecule has 0 aliphatic carbocycles. The highest BCUT2D eigenvalue weighted by Crippen LogP contribution is 2.45. The van der Waals surface area contributed by atoms with Crippen LogP contribution < -0.4 is 0 Å². The van der Waals surface area contributed by atoms with E-state index in [0.717, 1.165) is 103 Å². The van der Waals surface area contributed by atoms with Gasteiger partial charge in [-0.15, -0.1) is 0 Å². The molecule has 17 nitrogen and oxygen atoms in total. The third kappa shape index (κ3) is 59.0. The van der Waals surface area contributed by atoms with Crippen LogP contribution in [0.1, 0.15) is 324 Å². The molecule has 0 heterocycles. The van der Waals surface area contributed by atoms with Crippen molar-refractivity contribution in [2.45, 2.75) is 342 Å². The zero-order valence-corrected chi connectivity index (χ0v) is 56.0. The van der Waals surface area contributed by atoms with Crippen molar-refractivity contribution in [3.63, 3.8) is 0 Å². The average Bonchev–Trinajstić information content (AvgIpc) is 3.67. The molecule has 0 aromatic heterocycles.